The van der Waals surface area contributed by atoms with Gasteiger partial charge in [-0.1, -0.05) is 36.4 Å². The molecule has 3 saturated heterocycles. The van der Waals surface area contributed by atoms with Crippen LogP contribution in [0, 0.1) is 5.92 Å². The quantitative estimate of drug-likeness (QED) is 0.417. The average molecular weight is 474 g/mol. The number of rotatable bonds is 5. The van der Waals surface area contributed by atoms with Crippen LogP contribution in [0.1, 0.15) is 19.8 Å². The third-order valence-electron chi connectivity index (χ3n) is 7.37. The minimum atomic E-state index is -3.72. The zero-order valence-corrected chi connectivity index (χ0v) is 19.9. The lowest BCUT2D eigenvalue weighted by molar-refractivity contribution is -0.0525. The van der Waals surface area contributed by atoms with E-state index in [0.717, 1.165) is 29.6 Å². The van der Waals surface area contributed by atoms with Gasteiger partial charge in [0.05, 0.1) is 10.4 Å². The zero-order valence-electron chi connectivity index (χ0n) is 19.0. The number of aromatic nitrogens is 2. The van der Waals surface area contributed by atoms with Gasteiger partial charge in [-0.05, 0) is 63.0 Å². The first-order valence-electron chi connectivity index (χ1n) is 11.8. The van der Waals surface area contributed by atoms with Gasteiger partial charge in [-0.15, -0.1) is 0 Å². The largest absolute Gasteiger partial charge is 0.472 e. The van der Waals surface area contributed by atoms with Gasteiger partial charge in [-0.25, -0.2) is 17.4 Å². The van der Waals surface area contributed by atoms with Crippen LogP contribution in [0.3, 0.4) is 0 Å². The number of pyridine rings is 1. The zero-order chi connectivity index (χ0) is 23.3. The SMILES string of the molecule is C[C@H]1[C@H](Oc2ccc(-c3cn(S(=O)(=O)c4ccccc4)c4ccccc34)cn2)C2CCN1CC2. The van der Waals surface area contributed by atoms with E-state index in [1.165, 1.54) is 16.8 Å². The van der Waals surface area contributed by atoms with Crippen molar-refractivity contribution in [3.8, 4) is 17.0 Å². The minimum Gasteiger partial charge on any atom is -0.472 e. The molecule has 0 radical (unpaired) electrons. The van der Waals surface area contributed by atoms with Crippen LogP contribution in [-0.2, 0) is 10.0 Å². The van der Waals surface area contributed by atoms with E-state index in [-0.39, 0.29) is 11.0 Å². The Morgan fingerprint density at radius 3 is 2.38 bits per heavy atom. The van der Waals surface area contributed by atoms with Crippen molar-refractivity contribution in [3.05, 3.63) is 79.1 Å². The van der Waals surface area contributed by atoms with Crippen LogP contribution >= 0.6 is 0 Å². The fraction of sp³-hybridized carbons (Fsp3) is 0.296. The fourth-order valence-corrected chi connectivity index (χ4v) is 6.88. The maximum atomic E-state index is 13.4. The van der Waals surface area contributed by atoms with Crippen molar-refractivity contribution in [2.45, 2.75) is 36.8 Å². The molecule has 0 spiro atoms. The number of benzene rings is 2. The van der Waals surface area contributed by atoms with E-state index in [9.17, 15) is 8.42 Å². The van der Waals surface area contributed by atoms with E-state index < -0.39 is 10.0 Å². The lowest BCUT2D eigenvalue weighted by Gasteiger charge is -2.49. The molecule has 4 aromatic rings. The molecule has 5 heterocycles. The van der Waals surface area contributed by atoms with Gasteiger partial charge in [0.2, 0.25) is 5.88 Å². The number of hydrogen-bond acceptors (Lipinski definition) is 5. The molecule has 0 saturated carbocycles. The van der Waals surface area contributed by atoms with Gasteiger partial charge < -0.3 is 4.74 Å². The van der Waals surface area contributed by atoms with Crippen molar-refractivity contribution in [3.63, 3.8) is 0 Å². The Morgan fingerprint density at radius 2 is 1.68 bits per heavy atom. The van der Waals surface area contributed by atoms with Crippen LogP contribution in [0.4, 0.5) is 0 Å². The lowest BCUT2D eigenvalue weighted by atomic mass is 9.81. The maximum Gasteiger partial charge on any atom is 0.268 e. The summed E-state index contributed by atoms with van der Waals surface area (Å²) in [6.45, 7) is 4.56. The first kappa shape index (κ1) is 21.4. The highest BCUT2D eigenvalue weighted by atomic mass is 32.2. The Morgan fingerprint density at radius 1 is 0.941 bits per heavy atom. The van der Waals surface area contributed by atoms with Crippen LogP contribution in [0.15, 0.2) is 84.0 Å². The third-order valence-corrected chi connectivity index (χ3v) is 9.06. The van der Waals surface area contributed by atoms with Crippen molar-refractivity contribution in [2.24, 2.45) is 5.92 Å². The molecule has 0 aliphatic carbocycles. The van der Waals surface area contributed by atoms with E-state index in [1.54, 1.807) is 36.7 Å². The summed E-state index contributed by atoms with van der Waals surface area (Å²) in [5.74, 6) is 1.21. The van der Waals surface area contributed by atoms with E-state index in [4.69, 9.17) is 4.74 Å². The summed E-state index contributed by atoms with van der Waals surface area (Å²) >= 11 is 0. The Kier molecular flexibility index (Phi) is 5.19. The molecule has 7 rings (SSSR count). The van der Waals surface area contributed by atoms with Crippen LogP contribution in [0.2, 0.25) is 0 Å². The number of piperidine rings is 3. The van der Waals surface area contributed by atoms with Crippen LogP contribution in [-0.4, -0.2) is 47.5 Å². The molecule has 0 amide bonds. The molecule has 34 heavy (non-hydrogen) atoms. The second-order valence-corrected chi connectivity index (χ2v) is 11.1. The Labute approximate surface area is 199 Å². The van der Waals surface area contributed by atoms with Gasteiger partial charge >= 0.3 is 0 Å². The molecule has 2 bridgehead atoms. The Balaban J connectivity index is 1.34. The smallest absolute Gasteiger partial charge is 0.268 e. The van der Waals surface area contributed by atoms with E-state index >= 15 is 0 Å². The summed E-state index contributed by atoms with van der Waals surface area (Å²) in [7, 11) is -3.72. The second-order valence-electron chi connectivity index (χ2n) is 9.26. The Bertz CT molecular complexity index is 1420. The normalized spacial score (nSPS) is 24.4. The summed E-state index contributed by atoms with van der Waals surface area (Å²) in [4.78, 5) is 7.37. The Hall–Kier alpha value is -3.16. The molecule has 174 valence electrons. The maximum absolute atomic E-state index is 13.4. The molecule has 6 nitrogen and oxygen atoms in total. The second kappa shape index (κ2) is 8.25. The third kappa shape index (κ3) is 3.51. The summed E-state index contributed by atoms with van der Waals surface area (Å²) in [5, 5.41) is 0.864. The highest BCUT2D eigenvalue weighted by molar-refractivity contribution is 7.90. The van der Waals surface area contributed by atoms with Crippen molar-refractivity contribution in [2.75, 3.05) is 13.1 Å². The van der Waals surface area contributed by atoms with Crippen LogP contribution in [0.25, 0.3) is 22.0 Å². The number of fused-ring (bicyclic) bond motifs is 4. The molecule has 7 heteroatoms. The number of hydrogen-bond donors (Lipinski definition) is 0. The molecule has 3 aliphatic heterocycles. The molecular weight excluding hydrogens is 446 g/mol. The summed E-state index contributed by atoms with van der Waals surface area (Å²) in [6.07, 6.45) is 6.01. The van der Waals surface area contributed by atoms with Crippen LogP contribution < -0.4 is 4.74 Å². The number of ether oxygens (including phenoxy) is 1. The van der Waals surface area contributed by atoms with Crippen molar-refractivity contribution in [1.29, 1.82) is 0 Å². The van der Waals surface area contributed by atoms with Gasteiger partial charge in [0, 0.05) is 41.0 Å². The van der Waals surface area contributed by atoms with Gasteiger partial charge in [0.1, 0.15) is 6.10 Å². The number of para-hydroxylation sites is 1. The van der Waals surface area contributed by atoms with E-state index in [0.29, 0.717) is 23.4 Å². The van der Waals surface area contributed by atoms with Crippen molar-refractivity contribution >= 4 is 20.9 Å². The van der Waals surface area contributed by atoms with Gasteiger partial charge in [0.25, 0.3) is 10.0 Å². The molecule has 0 N–H and O–H groups in total. The predicted molar refractivity (Wildman–Crippen MR) is 132 cm³/mol. The minimum absolute atomic E-state index is 0.166. The molecule has 3 aliphatic rings. The predicted octanol–water partition coefficient (Wildman–Crippen LogP) is 4.80. The molecular formula is C27H27N3O3S. The van der Waals surface area contributed by atoms with E-state index in [1.807, 2.05) is 42.5 Å². The van der Waals surface area contributed by atoms with Crippen LogP contribution in [0.5, 0.6) is 5.88 Å². The summed E-state index contributed by atoms with van der Waals surface area (Å²) in [6, 6.07) is 20.3. The topological polar surface area (TPSA) is 64.4 Å². The molecule has 3 fully saturated rings. The monoisotopic (exact) mass is 473 g/mol. The van der Waals surface area contributed by atoms with Crippen molar-refractivity contribution < 1.29 is 13.2 Å². The summed E-state index contributed by atoms with van der Waals surface area (Å²) in [5.41, 5.74) is 2.32. The lowest BCUT2D eigenvalue weighted by Crippen LogP contribution is -2.58. The first-order valence-corrected chi connectivity index (χ1v) is 13.2. The van der Waals surface area contributed by atoms with Gasteiger partial charge in [-0.2, -0.15) is 0 Å². The molecule has 2 aromatic heterocycles. The fourth-order valence-electron chi connectivity index (χ4n) is 5.49. The standard InChI is InChI=1S/C27H27N3O3S/c1-19-27(20-13-15-29(19)16-14-20)33-26-12-11-21(17-28-26)24-18-30(25-10-6-5-9-23(24)25)34(31,32)22-7-3-2-4-8-22/h2-12,17-20,27H,13-16H2,1H3/t19-,27-/m0/s1. The van der Waals surface area contributed by atoms with Crippen molar-refractivity contribution in [1.82, 2.24) is 13.9 Å². The first-order chi connectivity index (χ1) is 16.5. The average Bonchev–Trinajstić information content (AvgIpc) is 3.28. The highest BCUT2D eigenvalue weighted by Crippen LogP contribution is 2.36. The van der Waals surface area contributed by atoms with Gasteiger partial charge in [0.15, 0.2) is 0 Å². The number of nitrogens with zero attached hydrogens (tertiary/aromatic N) is 3. The molecule has 2 aromatic carbocycles. The molecule has 2 atom stereocenters. The highest BCUT2D eigenvalue weighted by Gasteiger charge is 2.41. The summed E-state index contributed by atoms with van der Waals surface area (Å²) < 4.78 is 34.5. The van der Waals surface area contributed by atoms with E-state index in [2.05, 4.69) is 16.8 Å². The van der Waals surface area contributed by atoms with Gasteiger partial charge in [-0.3, -0.25) is 4.90 Å². The molecule has 0 unspecified atom stereocenters.